The van der Waals surface area contributed by atoms with Gasteiger partial charge in [-0.05, 0) is 53.7 Å². The fourth-order valence-electron chi connectivity index (χ4n) is 2.89. The van der Waals surface area contributed by atoms with Crippen LogP contribution in [0.1, 0.15) is 36.0 Å². The number of allylic oxidation sites excluding steroid dienone is 1. The summed E-state index contributed by atoms with van der Waals surface area (Å²) >= 11 is 0. The van der Waals surface area contributed by atoms with E-state index in [4.69, 9.17) is 9.84 Å². The van der Waals surface area contributed by atoms with Crippen LogP contribution in [0.3, 0.4) is 0 Å². The highest BCUT2D eigenvalue weighted by Crippen LogP contribution is 2.31. The summed E-state index contributed by atoms with van der Waals surface area (Å²) in [6, 6.07) is 17.0. The van der Waals surface area contributed by atoms with Gasteiger partial charge in [0.1, 0.15) is 5.75 Å². The third kappa shape index (κ3) is 3.58. The molecule has 1 aliphatic carbocycles. The summed E-state index contributed by atoms with van der Waals surface area (Å²) in [4.78, 5) is 0. The molecule has 0 bridgehead atoms. The molecule has 0 unspecified atom stereocenters. The van der Waals surface area contributed by atoms with Crippen molar-refractivity contribution in [2.75, 3.05) is 13.2 Å². The molecule has 1 aliphatic rings. The summed E-state index contributed by atoms with van der Waals surface area (Å²) in [5.74, 6) is 0.906. The first-order valence-corrected chi connectivity index (χ1v) is 7.99. The van der Waals surface area contributed by atoms with E-state index in [1.165, 1.54) is 22.3 Å². The van der Waals surface area contributed by atoms with E-state index in [0.717, 1.165) is 25.0 Å². The molecule has 0 heterocycles. The third-order valence-corrected chi connectivity index (χ3v) is 4.05. The van der Waals surface area contributed by atoms with Gasteiger partial charge in [-0.25, -0.2) is 0 Å². The lowest BCUT2D eigenvalue weighted by molar-refractivity contribution is 0.233. The van der Waals surface area contributed by atoms with E-state index < -0.39 is 0 Å². The lowest BCUT2D eigenvalue weighted by atomic mass is 10.0. The van der Waals surface area contributed by atoms with Crippen molar-refractivity contribution in [2.24, 2.45) is 0 Å². The molecule has 22 heavy (non-hydrogen) atoms. The zero-order chi connectivity index (χ0) is 15.2. The second kappa shape index (κ2) is 7.28. The average Bonchev–Trinajstić information content (AvgIpc) is 2.78. The Morgan fingerprint density at radius 1 is 1.00 bits per heavy atom. The maximum Gasteiger partial charge on any atom is 0.119 e. The van der Waals surface area contributed by atoms with Gasteiger partial charge in [0.05, 0.1) is 6.61 Å². The molecule has 0 spiro atoms. The van der Waals surface area contributed by atoms with Crippen molar-refractivity contribution < 1.29 is 9.84 Å². The van der Waals surface area contributed by atoms with Gasteiger partial charge in [-0.15, -0.1) is 0 Å². The monoisotopic (exact) mass is 294 g/mol. The van der Waals surface area contributed by atoms with Gasteiger partial charge in [0, 0.05) is 13.0 Å². The van der Waals surface area contributed by atoms with Crippen LogP contribution in [0.2, 0.25) is 0 Å². The van der Waals surface area contributed by atoms with Crippen LogP contribution in [0.15, 0.2) is 48.5 Å². The van der Waals surface area contributed by atoms with Gasteiger partial charge in [-0.3, -0.25) is 0 Å². The highest BCUT2D eigenvalue weighted by atomic mass is 16.5. The van der Waals surface area contributed by atoms with Crippen molar-refractivity contribution >= 4 is 11.6 Å². The Balaban J connectivity index is 1.83. The van der Waals surface area contributed by atoms with Gasteiger partial charge in [-0.1, -0.05) is 42.5 Å². The van der Waals surface area contributed by atoms with Gasteiger partial charge in [0.15, 0.2) is 0 Å². The smallest absolute Gasteiger partial charge is 0.119 e. The van der Waals surface area contributed by atoms with E-state index in [1.54, 1.807) is 0 Å². The molecule has 2 aromatic carbocycles. The fourth-order valence-corrected chi connectivity index (χ4v) is 2.89. The maximum atomic E-state index is 8.82. The number of fused-ring (bicyclic) bond motifs is 1. The summed E-state index contributed by atoms with van der Waals surface area (Å²) in [7, 11) is 0. The Morgan fingerprint density at radius 3 is 2.68 bits per heavy atom. The standard InChI is InChI=1S/C20H22O2/c21-12-5-13-22-20-11-10-19-14-17(8-4-9-18(19)15-20)16-6-2-1-3-7-16/h1-3,6-7,10-11,14-15,21H,4-5,8-9,12-13H2. The van der Waals surface area contributed by atoms with Crippen LogP contribution in [0.25, 0.3) is 11.6 Å². The van der Waals surface area contributed by atoms with Crippen LogP contribution >= 0.6 is 0 Å². The summed E-state index contributed by atoms with van der Waals surface area (Å²) in [5, 5.41) is 8.82. The molecule has 2 nitrogen and oxygen atoms in total. The predicted molar refractivity (Wildman–Crippen MR) is 90.9 cm³/mol. The topological polar surface area (TPSA) is 29.5 Å². The van der Waals surface area contributed by atoms with E-state index >= 15 is 0 Å². The number of rotatable bonds is 5. The molecule has 0 atom stereocenters. The van der Waals surface area contributed by atoms with Crippen LogP contribution < -0.4 is 4.74 Å². The quantitative estimate of drug-likeness (QED) is 0.832. The highest BCUT2D eigenvalue weighted by Gasteiger charge is 2.11. The molecule has 0 amide bonds. The fraction of sp³-hybridized carbons (Fsp3) is 0.300. The summed E-state index contributed by atoms with van der Waals surface area (Å²) in [5.41, 5.74) is 5.38. The first kappa shape index (κ1) is 14.9. The molecule has 0 aliphatic heterocycles. The second-order valence-corrected chi connectivity index (χ2v) is 5.68. The first-order valence-electron chi connectivity index (χ1n) is 7.99. The number of aryl methyl sites for hydroxylation is 1. The molecule has 0 fully saturated rings. The van der Waals surface area contributed by atoms with Gasteiger partial charge in [0.25, 0.3) is 0 Å². The molecule has 3 rings (SSSR count). The molecular formula is C20H22O2. The Kier molecular flexibility index (Phi) is 4.92. The predicted octanol–water partition coefficient (Wildman–Crippen LogP) is 4.32. The van der Waals surface area contributed by atoms with Crippen LogP contribution in [-0.4, -0.2) is 18.3 Å². The molecule has 0 saturated heterocycles. The Labute approximate surface area is 132 Å². The van der Waals surface area contributed by atoms with Crippen molar-refractivity contribution in [3.63, 3.8) is 0 Å². The SMILES string of the molecule is OCCCOc1ccc2c(c1)CCCC(c1ccccc1)=C2. The molecule has 2 heteroatoms. The van der Waals surface area contributed by atoms with Gasteiger partial charge >= 0.3 is 0 Å². The lowest BCUT2D eigenvalue weighted by Gasteiger charge is -2.09. The van der Waals surface area contributed by atoms with Crippen LogP contribution in [-0.2, 0) is 6.42 Å². The van der Waals surface area contributed by atoms with Gasteiger partial charge in [-0.2, -0.15) is 0 Å². The summed E-state index contributed by atoms with van der Waals surface area (Å²) in [6.07, 6.45) is 6.34. The van der Waals surface area contributed by atoms with Gasteiger partial charge in [0.2, 0.25) is 0 Å². The minimum atomic E-state index is 0.175. The zero-order valence-corrected chi connectivity index (χ0v) is 12.8. The Hall–Kier alpha value is -2.06. The molecule has 114 valence electrons. The second-order valence-electron chi connectivity index (χ2n) is 5.68. The Bertz CT molecular complexity index is 644. The summed E-state index contributed by atoms with van der Waals surface area (Å²) < 4.78 is 5.68. The van der Waals surface area contributed by atoms with E-state index in [2.05, 4.69) is 48.5 Å². The Morgan fingerprint density at radius 2 is 1.86 bits per heavy atom. The molecule has 0 radical (unpaired) electrons. The van der Waals surface area contributed by atoms with E-state index in [0.29, 0.717) is 13.0 Å². The van der Waals surface area contributed by atoms with E-state index in [1.807, 2.05) is 6.07 Å². The summed E-state index contributed by atoms with van der Waals surface area (Å²) in [6.45, 7) is 0.745. The number of ether oxygens (including phenoxy) is 1. The molecule has 0 aromatic heterocycles. The largest absolute Gasteiger partial charge is 0.493 e. The van der Waals surface area contributed by atoms with Crippen LogP contribution in [0, 0.1) is 0 Å². The number of aliphatic hydroxyl groups is 1. The number of hydrogen-bond donors (Lipinski definition) is 1. The third-order valence-electron chi connectivity index (χ3n) is 4.05. The van der Waals surface area contributed by atoms with Crippen molar-refractivity contribution in [3.8, 4) is 5.75 Å². The lowest BCUT2D eigenvalue weighted by Crippen LogP contribution is -2.00. The highest BCUT2D eigenvalue weighted by molar-refractivity contribution is 5.83. The zero-order valence-electron chi connectivity index (χ0n) is 12.8. The first-order chi connectivity index (χ1) is 10.9. The maximum absolute atomic E-state index is 8.82. The average molecular weight is 294 g/mol. The molecule has 0 saturated carbocycles. The minimum absolute atomic E-state index is 0.175. The van der Waals surface area contributed by atoms with Crippen LogP contribution in [0.4, 0.5) is 0 Å². The molecule has 1 N–H and O–H groups in total. The van der Waals surface area contributed by atoms with Crippen molar-refractivity contribution in [2.45, 2.75) is 25.7 Å². The van der Waals surface area contributed by atoms with Crippen molar-refractivity contribution in [1.29, 1.82) is 0 Å². The number of benzene rings is 2. The molecule has 2 aromatic rings. The number of aliphatic hydroxyl groups excluding tert-OH is 1. The number of hydrogen-bond acceptors (Lipinski definition) is 2. The van der Waals surface area contributed by atoms with Crippen molar-refractivity contribution in [1.82, 2.24) is 0 Å². The normalized spacial score (nSPS) is 14.0. The van der Waals surface area contributed by atoms with Crippen molar-refractivity contribution in [3.05, 3.63) is 65.2 Å². The van der Waals surface area contributed by atoms with E-state index in [-0.39, 0.29) is 6.61 Å². The van der Waals surface area contributed by atoms with Gasteiger partial charge < -0.3 is 9.84 Å². The molecular weight excluding hydrogens is 272 g/mol. The van der Waals surface area contributed by atoms with E-state index in [9.17, 15) is 0 Å². The van der Waals surface area contributed by atoms with Crippen LogP contribution in [0.5, 0.6) is 5.75 Å². The minimum Gasteiger partial charge on any atom is -0.493 e.